The smallest absolute Gasteiger partial charge is 0.197 e. The van der Waals surface area contributed by atoms with Gasteiger partial charge in [-0.05, 0) is 5.10 Å². The molecule has 0 saturated heterocycles. The zero-order chi connectivity index (χ0) is 13.9. The summed E-state index contributed by atoms with van der Waals surface area (Å²) in [6, 6.07) is 1.79. The van der Waals surface area contributed by atoms with Crippen LogP contribution in [0.4, 0.5) is 0 Å². The van der Waals surface area contributed by atoms with Crippen molar-refractivity contribution in [1.29, 1.82) is 0 Å². The molecule has 19 heavy (non-hydrogen) atoms. The largest absolute Gasteiger partial charge is 0.748 e. The van der Waals surface area contributed by atoms with Gasteiger partial charge in [-0.3, -0.25) is 4.68 Å². The van der Waals surface area contributed by atoms with Crippen LogP contribution >= 0.6 is 0 Å². The molecule has 9 heteroatoms. The van der Waals surface area contributed by atoms with E-state index in [9.17, 15) is 13.0 Å². The number of aryl methyl sites for hydroxylation is 2. The van der Waals surface area contributed by atoms with Crippen molar-refractivity contribution in [1.82, 2.24) is 19.9 Å². The molecule has 0 aliphatic heterocycles. The highest BCUT2D eigenvalue weighted by Crippen LogP contribution is 2.09. The second-order valence-electron chi connectivity index (χ2n) is 4.04. The SMILES string of the molecule is Cn1cnc(-c2cc[n+](CCCS(=O)(=O)[O-])nc2)n1. The van der Waals surface area contributed by atoms with Crippen molar-refractivity contribution < 1.29 is 17.7 Å². The molecule has 8 nitrogen and oxygen atoms in total. The summed E-state index contributed by atoms with van der Waals surface area (Å²) in [6.45, 7) is 0.372. The first kappa shape index (κ1) is 13.6. The minimum Gasteiger partial charge on any atom is -0.748 e. The van der Waals surface area contributed by atoms with Crippen molar-refractivity contribution >= 4 is 10.1 Å². The molecular formula is C10H13N5O3S. The Morgan fingerprint density at radius 3 is 2.79 bits per heavy atom. The molecule has 0 saturated carbocycles. The average molecular weight is 283 g/mol. The summed E-state index contributed by atoms with van der Waals surface area (Å²) in [5, 5.41) is 8.26. The monoisotopic (exact) mass is 283 g/mol. The summed E-state index contributed by atoms with van der Waals surface area (Å²) >= 11 is 0. The summed E-state index contributed by atoms with van der Waals surface area (Å²) in [6.07, 6.45) is 5.13. The third-order valence-corrected chi connectivity index (χ3v) is 3.20. The summed E-state index contributed by atoms with van der Waals surface area (Å²) < 4.78 is 34.5. The predicted molar refractivity (Wildman–Crippen MR) is 63.6 cm³/mol. The van der Waals surface area contributed by atoms with E-state index in [2.05, 4.69) is 15.2 Å². The first-order valence-corrected chi connectivity index (χ1v) is 7.17. The van der Waals surface area contributed by atoms with Crippen molar-refractivity contribution in [3.63, 3.8) is 0 Å². The van der Waals surface area contributed by atoms with E-state index in [1.807, 2.05) is 0 Å². The standard InChI is InChI=1S/C10H13N5O3S/c1-14-8-11-10(13-14)9-3-5-15(12-7-9)4-2-6-19(16,17)18/h3,5,7-8H,2,4,6H2,1H3. The summed E-state index contributed by atoms with van der Waals surface area (Å²) in [5.41, 5.74) is 0.772. The van der Waals surface area contributed by atoms with Crippen LogP contribution in [-0.2, 0) is 23.7 Å². The van der Waals surface area contributed by atoms with Gasteiger partial charge in [0, 0.05) is 25.3 Å². The maximum Gasteiger partial charge on any atom is 0.197 e. The van der Waals surface area contributed by atoms with Gasteiger partial charge in [-0.25, -0.2) is 13.4 Å². The van der Waals surface area contributed by atoms with E-state index in [-0.39, 0.29) is 12.2 Å². The summed E-state index contributed by atoms with van der Waals surface area (Å²) in [7, 11) is -2.38. The van der Waals surface area contributed by atoms with Gasteiger partial charge in [0.15, 0.2) is 18.6 Å². The number of rotatable bonds is 5. The first-order chi connectivity index (χ1) is 8.94. The van der Waals surface area contributed by atoms with E-state index in [0.29, 0.717) is 12.4 Å². The Labute approximate surface area is 110 Å². The lowest BCUT2D eigenvalue weighted by Gasteiger charge is -2.03. The summed E-state index contributed by atoms with van der Waals surface area (Å²) in [5.74, 6) is 0.190. The minimum absolute atomic E-state index is 0.241. The van der Waals surface area contributed by atoms with Gasteiger partial charge >= 0.3 is 0 Å². The summed E-state index contributed by atoms with van der Waals surface area (Å²) in [4.78, 5) is 4.09. The van der Waals surface area contributed by atoms with Crippen molar-refractivity contribution in [3.05, 3.63) is 24.8 Å². The van der Waals surface area contributed by atoms with E-state index in [1.54, 1.807) is 41.2 Å². The minimum atomic E-state index is -4.16. The third kappa shape index (κ3) is 4.07. The van der Waals surface area contributed by atoms with Crippen LogP contribution in [0, 0.1) is 0 Å². The van der Waals surface area contributed by atoms with Gasteiger partial charge in [-0.1, -0.05) is 4.68 Å². The number of nitrogens with zero attached hydrogens (tertiary/aromatic N) is 5. The Morgan fingerprint density at radius 1 is 1.47 bits per heavy atom. The quantitative estimate of drug-likeness (QED) is 0.520. The number of hydrogen-bond donors (Lipinski definition) is 0. The molecular weight excluding hydrogens is 270 g/mol. The Hall–Kier alpha value is -1.87. The average Bonchev–Trinajstić information content (AvgIpc) is 2.75. The van der Waals surface area contributed by atoms with Crippen LogP contribution in [0.5, 0.6) is 0 Å². The molecule has 0 radical (unpaired) electrons. The van der Waals surface area contributed by atoms with Crippen LogP contribution in [0.2, 0.25) is 0 Å². The second kappa shape index (κ2) is 5.41. The maximum absolute atomic E-state index is 10.5. The molecule has 2 heterocycles. The first-order valence-electron chi connectivity index (χ1n) is 5.59. The lowest BCUT2D eigenvalue weighted by Crippen LogP contribution is -2.38. The molecule has 0 N–H and O–H groups in total. The molecule has 0 fully saturated rings. The fourth-order valence-corrected chi connectivity index (χ4v) is 2.01. The van der Waals surface area contributed by atoms with Crippen LogP contribution in [0.25, 0.3) is 11.4 Å². The third-order valence-electron chi connectivity index (χ3n) is 2.41. The molecule has 0 bridgehead atoms. The highest BCUT2D eigenvalue weighted by atomic mass is 32.2. The van der Waals surface area contributed by atoms with Crippen LogP contribution < -0.4 is 4.68 Å². The second-order valence-corrected chi connectivity index (χ2v) is 5.56. The van der Waals surface area contributed by atoms with Gasteiger partial charge in [0.05, 0.1) is 15.7 Å². The molecule has 0 amide bonds. The molecule has 0 unspecified atom stereocenters. The van der Waals surface area contributed by atoms with Gasteiger partial charge in [-0.2, -0.15) is 5.10 Å². The number of aromatic nitrogens is 5. The highest BCUT2D eigenvalue weighted by Gasteiger charge is 2.08. The Balaban J connectivity index is 1.99. The zero-order valence-corrected chi connectivity index (χ0v) is 11.1. The maximum atomic E-state index is 10.5. The molecule has 0 aliphatic rings. The van der Waals surface area contributed by atoms with Crippen molar-refractivity contribution in [2.75, 3.05) is 5.75 Å². The van der Waals surface area contributed by atoms with E-state index in [4.69, 9.17) is 0 Å². The molecule has 0 aromatic carbocycles. The molecule has 0 atom stereocenters. The predicted octanol–water partition coefficient (Wildman–Crippen LogP) is -0.900. The van der Waals surface area contributed by atoms with E-state index in [0.717, 1.165) is 5.56 Å². The van der Waals surface area contributed by atoms with Gasteiger partial charge in [0.25, 0.3) is 0 Å². The Morgan fingerprint density at radius 2 is 2.26 bits per heavy atom. The highest BCUT2D eigenvalue weighted by molar-refractivity contribution is 7.85. The van der Waals surface area contributed by atoms with Crippen molar-refractivity contribution in [3.8, 4) is 11.4 Å². The van der Waals surface area contributed by atoms with Crippen molar-refractivity contribution in [2.45, 2.75) is 13.0 Å². The topological polar surface area (TPSA) is 105 Å². The van der Waals surface area contributed by atoms with Crippen LogP contribution in [-0.4, -0.2) is 38.6 Å². The Bertz CT molecular complexity index is 650. The lowest BCUT2D eigenvalue weighted by molar-refractivity contribution is -0.753. The van der Waals surface area contributed by atoms with Gasteiger partial charge < -0.3 is 4.55 Å². The van der Waals surface area contributed by atoms with Gasteiger partial charge in [-0.15, -0.1) is 0 Å². The van der Waals surface area contributed by atoms with Crippen LogP contribution in [0.1, 0.15) is 6.42 Å². The molecule has 0 aliphatic carbocycles. The Kier molecular flexibility index (Phi) is 3.86. The fraction of sp³-hybridized carbons (Fsp3) is 0.400. The fourth-order valence-electron chi connectivity index (χ4n) is 1.52. The lowest BCUT2D eigenvalue weighted by atomic mass is 10.3. The number of hydrogen-bond acceptors (Lipinski definition) is 6. The van der Waals surface area contributed by atoms with Crippen LogP contribution in [0.15, 0.2) is 24.8 Å². The van der Waals surface area contributed by atoms with E-state index < -0.39 is 10.1 Å². The van der Waals surface area contributed by atoms with Gasteiger partial charge in [0.1, 0.15) is 12.5 Å². The van der Waals surface area contributed by atoms with E-state index in [1.165, 1.54) is 0 Å². The molecule has 2 aromatic heterocycles. The zero-order valence-electron chi connectivity index (χ0n) is 10.3. The van der Waals surface area contributed by atoms with Crippen LogP contribution in [0.3, 0.4) is 0 Å². The van der Waals surface area contributed by atoms with Crippen molar-refractivity contribution in [2.24, 2.45) is 7.05 Å². The van der Waals surface area contributed by atoms with Gasteiger partial charge in [0.2, 0.25) is 0 Å². The molecule has 2 rings (SSSR count). The van der Waals surface area contributed by atoms with E-state index >= 15 is 0 Å². The molecule has 2 aromatic rings. The molecule has 102 valence electrons. The molecule has 0 spiro atoms. The normalized spacial score (nSPS) is 11.7.